The Hall–Kier alpha value is -3.89. The summed E-state index contributed by atoms with van der Waals surface area (Å²) in [6.07, 6.45) is 1.88. The molecule has 7 rings (SSSR count). The van der Waals surface area contributed by atoms with E-state index in [1.165, 1.54) is 49.2 Å². The van der Waals surface area contributed by atoms with E-state index >= 15 is 0 Å². The molecule has 7 aromatic rings. The Bertz CT molecular complexity index is 2070. The van der Waals surface area contributed by atoms with Crippen LogP contribution in [0.1, 0.15) is 56.4 Å². The maximum Gasteiger partial charge on any atom is 0.0774 e. The summed E-state index contributed by atoms with van der Waals surface area (Å²) in [5, 5.41) is 4.84. The predicted octanol–water partition coefficient (Wildman–Crippen LogP) is 11.0. The Morgan fingerprint density at radius 1 is 0.705 bits per heavy atom. The van der Waals surface area contributed by atoms with Gasteiger partial charge in [0.1, 0.15) is 0 Å². The third-order valence-corrected chi connectivity index (χ3v) is 9.15. The minimum absolute atomic E-state index is 0. The van der Waals surface area contributed by atoms with E-state index in [-0.39, 0.29) is 20.1 Å². The number of thiophene rings is 1. The van der Waals surface area contributed by atoms with Gasteiger partial charge in [-0.3, -0.25) is 21.3 Å². The van der Waals surface area contributed by atoms with Crippen LogP contribution in [0.5, 0.6) is 0 Å². The molecule has 3 nitrogen and oxygen atoms in total. The van der Waals surface area contributed by atoms with Gasteiger partial charge in [-0.05, 0) is 88.5 Å². The summed E-state index contributed by atoms with van der Waals surface area (Å²) in [6.45, 7) is 11.2. The van der Waals surface area contributed by atoms with Crippen LogP contribution in [0.2, 0.25) is 0 Å². The smallest absolute Gasteiger partial charge is 0.0774 e. The summed E-state index contributed by atoms with van der Waals surface area (Å²) in [7, 11) is 0. The number of fused-ring (bicyclic) bond motifs is 2. The normalized spacial score (nSPS) is 11.5. The van der Waals surface area contributed by atoms with E-state index in [1.807, 2.05) is 13.1 Å². The first-order valence-electron chi connectivity index (χ1n) is 15.0. The Morgan fingerprint density at radius 2 is 1.39 bits per heavy atom. The molecular formula is C39H34IrN3S-. The molecule has 3 heterocycles. The molecule has 0 atom stereocenters. The van der Waals surface area contributed by atoms with Gasteiger partial charge in [-0.15, -0.1) is 5.39 Å². The molecule has 1 radical (unpaired) electrons. The van der Waals surface area contributed by atoms with Crippen molar-refractivity contribution in [1.82, 2.24) is 14.5 Å². The summed E-state index contributed by atoms with van der Waals surface area (Å²) in [5.74, 6) is 1.57. The maximum atomic E-state index is 5.31. The number of hydrogen-bond donors (Lipinski definition) is 0. The van der Waals surface area contributed by atoms with Crippen LogP contribution in [0.25, 0.3) is 60.4 Å². The number of imidazole rings is 1. The fourth-order valence-corrected chi connectivity index (χ4v) is 6.90. The molecule has 0 saturated heterocycles. The van der Waals surface area contributed by atoms with Crippen LogP contribution in [0.15, 0.2) is 103 Å². The minimum Gasteiger partial charge on any atom is -0.333 e. The Labute approximate surface area is 277 Å². The number of nitrogens with zero attached hydrogens (tertiary/aromatic N) is 3. The van der Waals surface area contributed by atoms with Gasteiger partial charge in [-0.1, -0.05) is 104 Å². The molecule has 3 aromatic heterocycles. The molecule has 0 saturated carbocycles. The van der Waals surface area contributed by atoms with Crippen molar-refractivity contribution in [3.05, 3.63) is 125 Å². The summed E-state index contributed by atoms with van der Waals surface area (Å²) >= 11 is 1.66. The van der Waals surface area contributed by atoms with Crippen molar-refractivity contribution < 1.29 is 20.1 Å². The Morgan fingerprint density at radius 3 is 2.09 bits per heavy atom. The molecule has 4 aromatic carbocycles. The van der Waals surface area contributed by atoms with E-state index in [0.717, 1.165) is 28.1 Å². The van der Waals surface area contributed by atoms with Crippen molar-refractivity contribution in [2.45, 2.75) is 46.5 Å². The van der Waals surface area contributed by atoms with E-state index in [0.29, 0.717) is 11.8 Å². The predicted molar refractivity (Wildman–Crippen MR) is 182 cm³/mol. The summed E-state index contributed by atoms with van der Waals surface area (Å²) in [6, 6.07) is 34.9. The summed E-state index contributed by atoms with van der Waals surface area (Å²) in [5.41, 5.74) is 12.9. The van der Waals surface area contributed by atoms with E-state index in [4.69, 9.17) is 4.98 Å². The van der Waals surface area contributed by atoms with Gasteiger partial charge in [0.2, 0.25) is 0 Å². The third-order valence-electron chi connectivity index (χ3n) is 8.27. The van der Waals surface area contributed by atoms with Crippen molar-refractivity contribution in [2.75, 3.05) is 0 Å². The molecule has 221 valence electrons. The van der Waals surface area contributed by atoms with Gasteiger partial charge in [0.05, 0.1) is 16.9 Å². The molecule has 0 amide bonds. The molecule has 0 spiro atoms. The van der Waals surface area contributed by atoms with Crippen LogP contribution in [0.3, 0.4) is 0 Å². The molecule has 44 heavy (non-hydrogen) atoms. The fraction of sp³-hybridized carbons (Fsp3) is 0.179. The molecule has 0 bridgehead atoms. The van der Waals surface area contributed by atoms with Gasteiger partial charge in [0.15, 0.2) is 0 Å². The van der Waals surface area contributed by atoms with Crippen molar-refractivity contribution in [3.63, 3.8) is 0 Å². The standard InChI is InChI=1S/C39H34N3S.Ir/c1-24(2)31-21-30(27-11-7-6-8-12-27)22-32(25(3)4)38(31)42-36-14-10-9-13-35(36)41-39(42)34-23-43-37-16-15-28(20-33(34)37)29-17-18-40-26(5)19-29;/h6-22,24-25H,1-5H3;/q-1;. The number of aromatic nitrogens is 3. The van der Waals surface area contributed by atoms with Crippen LogP contribution in [-0.2, 0) is 20.1 Å². The van der Waals surface area contributed by atoms with Crippen molar-refractivity contribution in [2.24, 2.45) is 0 Å². The quantitative estimate of drug-likeness (QED) is 0.158. The van der Waals surface area contributed by atoms with Crippen LogP contribution in [0.4, 0.5) is 0 Å². The molecule has 0 aliphatic heterocycles. The maximum absolute atomic E-state index is 5.31. The molecular weight excluding hydrogens is 735 g/mol. The van der Waals surface area contributed by atoms with Crippen LogP contribution < -0.4 is 0 Å². The largest absolute Gasteiger partial charge is 0.333 e. The number of aryl methyl sites for hydroxylation is 1. The van der Waals surface area contributed by atoms with E-state index in [2.05, 4.69) is 140 Å². The van der Waals surface area contributed by atoms with Crippen LogP contribution >= 0.6 is 11.3 Å². The molecule has 0 aliphatic rings. The summed E-state index contributed by atoms with van der Waals surface area (Å²) in [4.78, 5) is 9.71. The zero-order valence-corrected chi connectivity index (χ0v) is 28.8. The first kappa shape index (κ1) is 30.1. The van der Waals surface area contributed by atoms with Crippen LogP contribution in [-0.4, -0.2) is 14.5 Å². The van der Waals surface area contributed by atoms with Gasteiger partial charge in [0.25, 0.3) is 0 Å². The number of hydrogen-bond acceptors (Lipinski definition) is 3. The van der Waals surface area contributed by atoms with E-state index < -0.39 is 0 Å². The molecule has 5 heteroatoms. The average Bonchev–Trinajstić information content (AvgIpc) is 3.61. The Kier molecular flexibility index (Phi) is 8.39. The molecule has 0 fully saturated rings. The average molecular weight is 769 g/mol. The van der Waals surface area contributed by atoms with Gasteiger partial charge in [0, 0.05) is 37.7 Å². The van der Waals surface area contributed by atoms with Crippen molar-refractivity contribution >= 4 is 32.5 Å². The zero-order chi connectivity index (χ0) is 29.7. The number of pyridine rings is 1. The molecule has 0 N–H and O–H groups in total. The van der Waals surface area contributed by atoms with Crippen molar-refractivity contribution in [1.29, 1.82) is 0 Å². The minimum atomic E-state index is 0. The zero-order valence-electron chi connectivity index (χ0n) is 25.6. The monoisotopic (exact) mass is 769 g/mol. The molecule has 0 aliphatic carbocycles. The Balaban J connectivity index is 0.00000343. The van der Waals surface area contributed by atoms with Gasteiger partial charge in [-0.2, -0.15) is 0 Å². The van der Waals surface area contributed by atoms with E-state index in [9.17, 15) is 0 Å². The van der Waals surface area contributed by atoms with Gasteiger partial charge < -0.3 is 4.57 Å². The van der Waals surface area contributed by atoms with Crippen LogP contribution in [0, 0.1) is 12.3 Å². The topological polar surface area (TPSA) is 30.7 Å². The third kappa shape index (κ3) is 5.34. The number of benzene rings is 4. The first-order chi connectivity index (χ1) is 20.9. The van der Waals surface area contributed by atoms with Gasteiger partial charge in [-0.25, -0.2) is 0 Å². The second-order valence-electron chi connectivity index (χ2n) is 11.9. The van der Waals surface area contributed by atoms with E-state index in [1.54, 1.807) is 11.3 Å². The number of para-hydroxylation sites is 2. The first-order valence-corrected chi connectivity index (χ1v) is 15.8. The number of rotatable bonds is 6. The summed E-state index contributed by atoms with van der Waals surface area (Å²) < 4.78 is 3.62. The SMILES string of the molecule is Cc1cc(-c2ccc3s[c-]c(-c4nc5ccccc5n4-c4c(C(C)C)cc(-c5ccccc5)cc4C(C)C)c3c2)ccn1.[Ir]. The fourth-order valence-electron chi connectivity index (χ4n) is 6.08. The van der Waals surface area contributed by atoms with Crippen molar-refractivity contribution in [3.8, 4) is 39.3 Å². The van der Waals surface area contributed by atoms with Gasteiger partial charge >= 0.3 is 0 Å². The second-order valence-corrected chi connectivity index (χ2v) is 12.8. The second kappa shape index (κ2) is 12.2. The molecule has 0 unspecified atom stereocenters.